The minimum atomic E-state index is 0.683. The van der Waals surface area contributed by atoms with Crippen molar-refractivity contribution in [3.63, 3.8) is 0 Å². The van der Waals surface area contributed by atoms with Gasteiger partial charge in [-0.3, -0.25) is 0 Å². The van der Waals surface area contributed by atoms with Crippen LogP contribution in [-0.4, -0.2) is 18.6 Å². The highest BCUT2D eigenvalue weighted by molar-refractivity contribution is 7.09. The van der Waals surface area contributed by atoms with E-state index < -0.39 is 0 Å². The molecule has 0 atom stereocenters. The highest BCUT2D eigenvalue weighted by Crippen LogP contribution is 2.15. The van der Waals surface area contributed by atoms with Gasteiger partial charge in [0, 0.05) is 29.6 Å². The average Bonchev–Trinajstić information content (AvgIpc) is 2.92. The highest BCUT2D eigenvalue weighted by atomic mass is 32.1. The molecule has 0 spiro atoms. The molecule has 0 aliphatic heterocycles. The largest absolute Gasteiger partial charge is 0.477 e. The van der Waals surface area contributed by atoms with Gasteiger partial charge >= 0.3 is 0 Å². The van der Waals surface area contributed by atoms with Crippen LogP contribution in [0.3, 0.4) is 0 Å². The summed E-state index contributed by atoms with van der Waals surface area (Å²) in [7, 11) is 1.96. The number of aromatic nitrogens is 1. The number of ether oxygens (including phenoxy) is 1. The molecule has 0 fully saturated rings. The Hall–Kier alpha value is -1.39. The Bertz CT molecular complexity index is 487. The lowest BCUT2D eigenvalue weighted by atomic mass is 10.1. The first-order valence-electron chi connectivity index (χ1n) is 7.11. The van der Waals surface area contributed by atoms with Crippen molar-refractivity contribution < 1.29 is 4.74 Å². The van der Waals surface area contributed by atoms with E-state index in [1.54, 1.807) is 11.3 Å². The van der Waals surface area contributed by atoms with Gasteiger partial charge in [-0.15, -0.1) is 11.3 Å². The number of aryl methyl sites for hydroxylation is 1. The fourth-order valence-electron chi connectivity index (χ4n) is 2.10. The topological polar surface area (TPSA) is 34.1 Å². The smallest absolute Gasteiger partial charge is 0.213 e. The molecule has 1 N–H and O–H groups in total. The van der Waals surface area contributed by atoms with Crippen LogP contribution in [0.2, 0.25) is 0 Å². The Morgan fingerprint density at radius 1 is 1.30 bits per heavy atom. The molecule has 0 unspecified atom stereocenters. The van der Waals surface area contributed by atoms with Crippen LogP contribution in [-0.2, 0) is 19.4 Å². The van der Waals surface area contributed by atoms with Crippen molar-refractivity contribution >= 4 is 11.3 Å². The second-order valence-electron chi connectivity index (χ2n) is 4.76. The van der Waals surface area contributed by atoms with Crippen molar-refractivity contribution in [3.05, 3.63) is 45.8 Å². The molecule has 4 heteroatoms. The molecule has 0 aromatic carbocycles. The SMILES string of the molecule is CCCc1cc(CNC)cc(OCCc2cccs2)n1. The number of nitrogens with one attached hydrogen (secondary N) is 1. The van der Waals surface area contributed by atoms with Crippen LogP contribution in [0.1, 0.15) is 29.5 Å². The van der Waals surface area contributed by atoms with Crippen molar-refractivity contribution in [2.45, 2.75) is 32.7 Å². The number of hydrogen-bond acceptors (Lipinski definition) is 4. The number of hydrogen-bond donors (Lipinski definition) is 1. The third kappa shape index (κ3) is 4.62. The van der Waals surface area contributed by atoms with Gasteiger partial charge < -0.3 is 10.1 Å². The quantitative estimate of drug-likeness (QED) is 0.808. The van der Waals surface area contributed by atoms with Crippen LogP contribution in [0.4, 0.5) is 0 Å². The minimum Gasteiger partial charge on any atom is -0.477 e. The lowest BCUT2D eigenvalue weighted by molar-refractivity contribution is 0.309. The number of nitrogens with zero attached hydrogens (tertiary/aromatic N) is 1. The second-order valence-corrected chi connectivity index (χ2v) is 5.80. The van der Waals surface area contributed by atoms with Gasteiger partial charge in [0.2, 0.25) is 5.88 Å². The van der Waals surface area contributed by atoms with Crippen molar-refractivity contribution in [1.29, 1.82) is 0 Å². The summed E-state index contributed by atoms with van der Waals surface area (Å²) in [6.07, 6.45) is 3.04. The Labute approximate surface area is 125 Å². The monoisotopic (exact) mass is 290 g/mol. The van der Waals surface area contributed by atoms with Gasteiger partial charge in [0.05, 0.1) is 6.61 Å². The standard InChI is InChI=1S/C16H22N2OS/c1-3-5-14-10-13(12-17-2)11-16(18-14)19-8-7-15-6-4-9-20-15/h4,6,9-11,17H,3,5,7-8,12H2,1-2H3. The van der Waals surface area contributed by atoms with Gasteiger partial charge in [-0.05, 0) is 36.5 Å². The van der Waals surface area contributed by atoms with Crippen molar-refractivity contribution in [1.82, 2.24) is 10.3 Å². The van der Waals surface area contributed by atoms with Crippen LogP contribution < -0.4 is 10.1 Å². The van der Waals surface area contributed by atoms with E-state index in [9.17, 15) is 0 Å². The molecular formula is C16H22N2OS. The van der Waals surface area contributed by atoms with Gasteiger partial charge in [0.1, 0.15) is 0 Å². The molecule has 2 rings (SSSR count). The lowest BCUT2D eigenvalue weighted by Gasteiger charge is -2.09. The van der Waals surface area contributed by atoms with Crippen LogP contribution in [0.5, 0.6) is 5.88 Å². The first kappa shape index (κ1) is 15.0. The molecule has 0 bridgehead atoms. The van der Waals surface area contributed by atoms with E-state index in [4.69, 9.17) is 4.74 Å². The zero-order chi connectivity index (χ0) is 14.2. The summed E-state index contributed by atoms with van der Waals surface area (Å²) in [5, 5.41) is 5.28. The Morgan fingerprint density at radius 3 is 2.90 bits per heavy atom. The predicted molar refractivity (Wildman–Crippen MR) is 84.5 cm³/mol. The maximum atomic E-state index is 5.82. The molecule has 0 saturated carbocycles. The number of thiophene rings is 1. The molecular weight excluding hydrogens is 268 g/mol. The van der Waals surface area contributed by atoms with Crippen molar-refractivity contribution in [2.75, 3.05) is 13.7 Å². The Kier molecular flexibility index (Phi) is 6.02. The predicted octanol–water partition coefficient (Wildman–Crippen LogP) is 3.44. The second kappa shape index (κ2) is 8.02. The number of rotatable bonds is 8. The average molecular weight is 290 g/mol. The third-order valence-corrected chi connectivity index (χ3v) is 3.92. The molecule has 108 valence electrons. The summed E-state index contributed by atoms with van der Waals surface area (Å²) in [4.78, 5) is 5.93. The van der Waals surface area contributed by atoms with E-state index in [2.05, 4.69) is 40.8 Å². The van der Waals surface area contributed by atoms with Crippen LogP contribution in [0, 0.1) is 0 Å². The van der Waals surface area contributed by atoms with Crippen molar-refractivity contribution in [2.24, 2.45) is 0 Å². The summed E-state index contributed by atoms with van der Waals surface area (Å²) in [6.45, 7) is 3.70. The van der Waals surface area contributed by atoms with Crippen LogP contribution >= 0.6 is 11.3 Å². The molecule has 0 amide bonds. The zero-order valence-electron chi connectivity index (χ0n) is 12.2. The summed E-state index contributed by atoms with van der Waals surface area (Å²) in [5.41, 5.74) is 2.35. The molecule has 2 heterocycles. The first-order chi connectivity index (χ1) is 9.81. The fourth-order valence-corrected chi connectivity index (χ4v) is 2.79. The maximum absolute atomic E-state index is 5.82. The maximum Gasteiger partial charge on any atom is 0.213 e. The van der Waals surface area contributed by atoms with Gasteiger partial charge in [0.25, 0.3) is 0 Å². The molecule has 0 aliphatic rings. The Morgan fingerprint density at radius 2 is 2.20 bits per heavy atom. The number of pyridine rings is 1. The molecule has 0 aliphatic carbocycles. The van der Waals surface area contributed by atoms with E-state index in [0.29, 0.717) is 6.61 Å². The third-order valence-electron chi connectivity index (χ3n) is 2.98. The molecule has 0 radical (unpaired) electrons. The highest BCUT2D eigenvalue weighted by Gasteiger charge is 2.04. The van der Waals surface area contributed by atoms with E-state index in [-0.39, 0.29) is 0 Å². The fraction of sp³-hybridized carbons (Fsp3) is 0.438. The summed E-state index contributed by atoms with van der Waals surface area (Å²) >= 11 is 1.77. The van der Waals surface area contributed by atoms with Gasteiger partial charge in [-0.2, -0.15) is 0 Å². The normalized spacial score (nSPS) is 10.7. The van der Waals surface area contributed by atoms with Gasteiger partial charge in [-0.25, -0.2) is 4.98 Å². The van der Waals surface area contributed by atoms with Crippen molar-refractivity contribution in [3.8, 4) is 5.88 Å². The summed E-state index contributed by atoms with van der Waals surface area (Å²) in [5.74, 6) is 0.748. The van der Waals surface area contributed by atoms with E-state index in [0.717, 1.165) is 37.4 Å². The van der Waals surface area contributed by atoms with E-state index in [1.807, 2.05) is 13.1 Å². The first-order valence-corrected chi connectivity index (χ1v) is 7.99. The molecule has 2 aromatic heterocycles. The molecule has 20 heavy (non-hydrogen) atoms. The summed E-state index contributed by atoms with van der Waals surface area (Å²) in [6, 6.07) is 8.41. The van der Waals surface area contributed by atoms with E-state index in [1.165, 1.54) is 10.4 Å². The Balaban J connectivity index is 1.97. The van der Waals surface area contributed by atoms with Crippen LogP contribution in [0.15, 0.2) is 29.6 Å². The molecule has 3 nitrogen and oxygen atoms in total. The summed E-state index contributed by atoms with van der Waals surface area (Å²) < 4.78 is 5.82. The van der Waals surface area contributed by atoms with E-state index >= 15 is 0 Å². The zero-order valence-corrected chi connectivity index (χ0v) is 13.0. The van der Waals surface area contributed by atoms with Gasteiger partial charge in [-0.1, -0.05) is 19.4 Å². The van der Waals surface area contributed by atoms with Crippen LogP contribution in [0.25, 0.3) is 0 Å². The van der Waals surface area contributed by atoms with Gasteiger partial charge in [0.15, 0.2) is 0 Å². The minimum absolute atomic E-state index is 0.683. The molecule has 2 aromatic rings. The molecule has 0 saturated heterocycles. The lowest BCUT2D eigenvalue weighted by Crippen LogP contribution is -2.08.